The lowest BCUT2D eigenvalue weighted by Crippen LogP contribution is -2.30. The van der Waals surface area contributed by atoms with Crippen molar-refractivity contribution in [2.75, 3.05) is 27.2 Å². The van der Waals surface area contributed by atoms with Gasteiger partial charge < -0.3 is 20.4 Å². The summed E-state index contributed by atoms with van der Waals surface area (Å²) < 4.78 is 5.53. The van der Waals surface area contributed by atoms with E-state index in [1.807, 2.05) is 57.3 Å². The number of benzene rings is 1. The molecule has 8 nitrogen and oxygen atoms in total. The van der Waals surface area contributed by atoms with Gasteiger partial charge in [0.05, 0.1) is 30.2 Å². The molecule has 3 heterocycles. The smallest absolute Gasteiger partial charge is 0.204 e. The molecule has 1 aliphatic heterocycles. The minimum absolute atomic E-state index is 0.250. The molecule has 0 atom stereocenters. The molecule has 3 aromatic rings. The van der Waals surface area contributed by atoms with Crippen LogP contribution in [0.1, 0.15) is 90.8 Å². The van der Waals surface area contributed by atoms with Gasteiger partial charge in [-0.25, -0.2) is 9.97 Å². The van der Waals surface area contributed by atoms with Crippen LogP contribution in [-0.2, 0) is 16.0 Å². The molecule has 1 amide bonds. The first-order valence-corrected chi connectivity index (χ1v) is 15.6. The third-order valence-electron chi connectivity index (χ3n) is 7.82. The van der Waals surface area contributed by atoms with Crippen LogP contribution in [-0.4, -0.2) is 59.3 Å². The summed E-state index contributed by atoms with van der Waals surface area (Å²) in [4.78, 5) is 34.9. The Balaban J connectivity index is 0.000000474. The van der Waals surface area contributed by atoms with Crippen molar-refractivity contribution in [3.05, 3.63) is 42.4 Å². The molecule has 2 fully saturated rings. The van der Waals surface area contributed by atoms with Crippen molar-refractivity contribution in [1.29, 1.82) is 0 Å². The number of amides is 1. The number of aromatic amines is 1. The van der Waals surface area contributed by atoms with Gasteiger partial charge in [0.25, 0.3) is 0 Å². The number of primary amides is 1. The molecule has 1 spiro atoms. The maximum absolute atomic E-state index is 11.3. The summed E-state index contributed by atoms with van der Waals surface area (Å²) in [6, 6.07) is 9.91. The fraction of sp³-hybridized carbons (Fsp3) is 0.543. The van der Waals surface area contributed by atoms with Gasteiger partial charge in [-0.15, -0.1) is 12.8 Å². The molecule has 236 valence electrons. The fourth-order valence-corrected chi connectivity index (χ4v) is 4.98. The highest BCUT2D eigenvalue weighted by molar-refractivity contribution is 5.87. The second-order valence-electron chi connectivity index (χ2n) is 10.7. The molecule has 1 aromatic carbocycles. The van der Waals surface area contributed by atoms with Gasteiger partial charge in [0, 0.05) is 30.7 Å². The van der Waals surface area contributed by atoms with E-state index in [2.05, 4.69) is 40.5 Å². The number of methoxy groups -OCH3 is 1. The first-order chi connectivity index (χ1) is 20.9. The highest BCUT2D eigenvalue weighted by Crippen LogP contribution is 2.53. The van der Waals surface area contributed by atoms with Gasteiger partial charge in [0.2, 0.25) is 6.41 Å². The summed E-state index contributed by atoms with van der Waals surface area (Å²) in [7, 11) is 3.91. The molecular formula is C35H53N5O3. The van der Waals surface area contributed by atoms with Gasteiger partial charge in [-0.3, -0.25) is 9.59 Å². The zero-order chi connectivity index (χ0) is 32.1. The van der Waals surface area contributed by atoms with Crippen molar-refractivity contribution in [1.82, 2.24) is 19.9 Å². The molecule has 2 aliphatic rings. The first-order valence-electron chi connectivity index (χ1n) is 15.6. The Labute approximate surface area is 259 Å². The van der Waals surface area contributed by atoms with E-state index in [9.17, 15) is 4.79 Å². The number of nitrogens with zero attached hydrogens (tertiary/aromatic N) is 3. The summed E-state index contributed by atoms with van der Waals surface area (Å²) in [5.41, 5.74) is 7.68. The van der Waals surface area contributed by atoms with E-state index in [0.29, 0.717) is 12.2 Å². The summed E-state index contributed by atoms with van der Waals surface area (Å²) in [6.07, 6.45) is 22.7. The van der Waals surface area contributed by atoms with Crippen LogP contribution in [0.4, 0.5) is 0 Å². The number of likely N-dealkylation sites (tertiary alicyclic amines) is 1. The van der Waals surface area contributed by atoms with Crippen molar-refractivity contribution in [2.45, 2.75) is 91.4 Å². The van der Waals surface area contributed by atoms with E-state index in [1.54, 1.807) is 7.11 Å². The van der Waals surface area contributed by atoms with Crippen LogP contribution in [0.15, 0.2) is 36.5 Å². The lowest BCUT2D eigenvalue weighted by molar-refractivity contribution is -0.118. The van der Waals surface area contributed by atoms with E-state index in [-0.39, 0.29) is 6.41 Å². The third kappa shape index (κ3) is 13.0. The van der Waals surface area contributed by atoms with Crippen molar-refractivity contribution >= 4 is 23.1 Å². The molecule has 3 N–H and O–H groups in total. The molecule has 2 aromatic heterocycles. The maximum Gasteiger partial charge on any atom is 0.204 e. The zero-order valence-electron chi connectivity index (χ0n) is 27.0. The van der Waals surface area contributed by atoms with Crippen LogP contribution in [0.2, 0.25) is 0 Å². The molecule has 1 saturated heterocycles. The van der Waals surface area contributed by atoms with Crippen LogP contribution in [0.5, 0.6) is 5.75 Å². The minimum Gasteiger partial charge on any atom is -0.496 e. The Kier molecular flexibility index (Phi) is 18.3. The van der Waals surface area contributed by atoms with Gasteiger partial charge >= 0.3 is 0 Å². The molecule has 0 unspecified atom stereocenters. The first kappa shape index (κ1) is 37.3. The number of unbranched alkanes of at least 4 members (excludes halogenated alkanes) is 3. The van der Waals surface area contributed by atoms with Crippen LogP contribution < -0.4 is 10.5 Å². The van der Waals surface area contributed by atoms with Gasteiger partial charge in [0.15, 0.2) is 0 Å². The van der Waals surface area contributed by atoms with Gasteiger partial charge in [-0.05, 0) is 76.2 Å². The predicted molar refractivity (Wildman–Crippen MR) is 178 cm³/mol. The summed E-state index contributed by atoms with van der Waals surface area (Å²) >= 11 is 0. The Morgan fingerprint density at radius 1 is 1.09 bits per heavy atom. The maximum atomic E-state index is 11.3. The highest BCUT2D eigenvalue weighted by atomic mass is 16.5. The standard InChI is InChI=1S/C22H27N3O2.C8H15N.C2H6.C2H2.CH3NO/c1-3-16(26)10-6-4-5-7-13-22-23-15-20(25-22)19-14-21(27-2)17-11-8-9-12-18(17)24-19;1-9-6-4-8(2-3-8)5-7-9;2*1-2;2-1-3/h8-9,11-12,14-15H,3-7,10,13H2,1-2H3,(H,23,25);2-7H2,1H3;1-2H3;1-2H;1H,(H2,2,3). The van der Waals surface area contributed by atoms with Crippen molar-refractivity contribution < 1.29 is 14.3 Å². The number of ether oxygens (including phenoxy) is 1. The third-order valence-corrected chi connectivity index (χ3v) is 7.82. The number of H-pyrrole nitrogens is 1. The van der Waals surface area contributed by atoms with E-state index in [4.69, 9.17) is 14.5 Å². The number of Topliss-reactive ketones (excluding diaryl/α,β-unsaturated/α-hetero) is 1. The number of ketones is 1. The number of para-hydroxylation sites is 1. The Morgan fingerprint density at radius 3 is 2.33 bits per heavy atom. The highest BCUT2D eigenvalue weighted by Gasteiger charge is 2.43. The summed E-state index contributed by atoms with van der Waals surface area (Å²) in [5.74, 6) is 2.15. The van der Waals surface area contributed by atoms with E-state index < -0.39 is 0 Å². The number of aromatic nitrogens is 3. The average molecular weight is 592 g/mol. The van der Waals surface area contributed by atoms with Crippen molar-refractivity contribution in [3.63, 3.8) is 0 Å². The Hall–Kier alpha value is -3.70. The number of terminal acetylenes is 1. The van der Waals surface area contributed by atoms with Crippen LogP contribution in [0, 0.1) is 18.3 Å². The number of nitrogens with one attached hydrogen (secondary N) is 1. The normalized spacial score (nSPS) is 14.3. The summed E-state index contributed by atoms with van der Waals surface area (Å²) in [6.45, 7) is 8.62. The largest absolute Gasteiger partial charge is 0.496 e. The average Bonchev–Trinajstić information content (AvgIpc) is 3.65. The van der Waals surface area contributed by atoms with Crippen LogP contribution in [0.3, 0.4) is 0 Å². The molecule has 1 aliphatic carbocycles. The minimum atomic E-state index is 0.250. The molecule has 5 rings (SSSR count). The number of piperidine rings is 1. The molecule has 43 heavy (non-hydrogen) atoms. The quantitative estimate of drug-likeness (QED) is 0.149. The van der Waals surface area contributed by atoms with Crippen LogP contribution >= 0.6 is 0 Å². The molecule has 8 heteroatoms. The molecule has 0 radical (unpaired) electrons. The number of aryl methyl sites for hydroxylation is 1. The number of imidazole rings is 1. The van der Waals surface area contributed by atoms with Gasteiger partial charge in [-0.1, -0.05) is 45.7 Å². The topological polar surface area (TPSA) is 114 Å². The van der Waals surface area contributed by atoms with Crippen molar-refractivity contribution in [3.8, 4) is 30.0 Å². The number of pyridine rings is 1. The fourth-order valence-electron chi connectivity index (χ4n) is 4.98. The number of carbonyl (C=O) groups excluding carboxylic acids is 2. The second kappa shape index (κ2) is 21.1. The van der Waals surface area contributed by atoms with E-state index in [0.717, 1.165) is 77.8 Å². The number of hydrogen-bond acceptors (Lipinski definition) is 6. The van der Waals surface area contributed by atoms with Gasteiger partial charge in [-0.2, -0.15) is 0 Å². The number of nitrogens with two attached hydrogens (primary N) is 1. The van der Waals surface area contributed by atoms with Crippen molar-refractivity contribution in [2.24, 2.45) is 11.1 Å². The molecule has 1 saturated carbocycles. The monoisotopic (exact) mass is 591 g/mol. The lowest BCUT2D eigenvalue weighted by Gasteiger charge is -2.28. The van der Waals surface area contributed by atoms with E-state index in [1.165, 1.54) is 38.8 Å². The second-order valence-corrected chi connectivity index (χ2v) is 10.7. The predicted octanol–water partition coefficient (Wildman–Crippen LogP) is 6.97. The number of carbonyl (C=O) groups is 2. The number of hydrogen-bond donors (Lipinski definition) is 2. The summed E-state index contributed by atoms with van der Waals surface area (Å²) in [5, 5.41) is 1.00. The number of fused-ring (bicyclic) bond motifs is 1. The molecular weight excluding hydrogens is 538 g/mol. The zero-order valence-corrected chi connectivity index (χ0v) is 27.0. The molecule has 0 bridgehead atoms. The van der Waals surface area contributed by atoms with Gasteiger partial charge in [0.1, 0.15) is 17.4 Å². The Morgan fingerprint density at radius 2 is 1.72 bits per heavy atom. The van der Waals surface area contributed by atoms with E-state index >= 15 is 0 Å². The lowest BCUT2D eigenvalue weighted by atomic mass is 9.94. The number of rotatable bonds is 10. The van der Waals surface area contributed by atoms with Crippen LogP contribution in [0.25, 0.3) is 22.3 Å². The SMILES string of the molecule is C#C.CC.CCC(=O)CCCCCCc1ncc(-c2cc(OC)c3ccccc3n2)[nH]1.CN1CCC2(CC1)CC2.NC=O. The Bertz CT molecular complexity index is 1220.